The van der Waals surface area contributed by atoms with E-state index in [1.165, 1.54) is 16.9 Å². The molecule has 1 aromatic carbocycles. The van der Waals surface area contributed by atoms with Crippen LogP contribution in [-0.2, 0) is 18.4 Å². The maximum Gasteiger partial charge on any atom is 0.184 e. The molecule has 0 radical (unpaired) electrons. The minimum atomic E-state index is -1.08. The highest BCUT2D eigenvalue weighted by atomic mass is 35.5. The molecule has 1 aliphatic carbocycles. The topological polar surface area (TPSA) is 36.4 Å². The molecule has 1 aliphatic heterocycles. The van der Waals surface area contributed by atoms with Gasteiger partial charge in [0.15, 0.2) is 4.47 Å². The van der Waals surface area contributed by atoms with Crippen molar-refractivity contribution in [2.75, 3.05) is 13.1 Å². The number of fused-ring (bicyclic) bond motifs is 2. The third-order valence-corrected chi connectivity index (χ3v) is 6.90. The molecule has 2 atom stereocenters. The predicted molar refractivity (Wildman–Crippen MR) is 98.7 cm³/mol. The molecular formula is C18H20Cl2N2OS. The van der Waals surface area contributed by atoms with E-state index in [2.05, 4.69) is 17.1 Å². The van der Waals surface area contributed by atoms with Crippen molar-refractivity contribution in [3.8, 4) is 0 Å². The van der Waals surface area contributed by atoms with Gasteiger partial charge >= 0.3 is 0 Å². The fourth-order valence-electron chi connectivity index (χ4n) is 4.17. The van der Waals surface area contributed by atoms with Gasteiger partial charge in [-0.05, 0) is 60.9 Å². The molecule has 0 bridgehead atoms. The van der Waals surface area contributed by atoms with E-state index in [4.69, 9.17) is 23.4 Å². The summed E-state index contributed by atoms with van der Waals surface area (Å²) in [4.78, 5) is 5.69. The Labute approximate surface area is 156 Å². The molecule has 2 heterocycles. The van der Waals surface area contributed by atoms with Gasteiger partial charge in [0, 0.05) is 18.0 Å². The fraction of sp³-hybridized carbons (Fsp3) is 0.500. The zero-order valence-electron chi connectivity index (χ0n) is 13.3. The Hall–Kier alpha value is -0.650. The van der Waals surface area contributed by atoms with Crippen molar-refractivity contribution in [1.29, 1.82) is 0 Å². The van der Waals surface area contributed by atoms with E-state index < -0.39 is 5.60 Å². The summed E-state index contributed by atoms with van der Waals surface area (Å²) in [6.07, 6.45) is 4.56. The molecule has 0 saturated carbocycles. The standard InChI is InChI=1S/C18H20Cl2N2OS/c19-17-21-16-15(24-17)8-7-12-4-1-2-6-14(12)18(16,23)13-5-3-10-22(20)11-9-13/h1-2,4,6,13,23H,3,5,7-11H2. The molecule has 1 N–H and O–H groups in total. The van der Waals surface area contributed by atoms with Gasteiger partial charge in [-0.25, -0.2) is 9.40 Å². The Kier molecular flexibility index (Phi) is 4.61. The minimum absolute atomic E-state index is 0.0948. The van der Waals surface area contributed by atoms with E-state index in [0.717, 1.165) is 61.3 Å². The Bertz CT molecular complexity index is 750. The van der Waals surface area contributed by atoms with Crippen LogP contribution < -0.4 is 0 Å². The lowest BCUT2D eigenvalue weighted by Gasteiger charge is -2.36. The zero-order chi connectivity index (χ0) is 16.7. The van der Waals surface area contributed by atoms with Crippen molar-refractivity contribution < 1.29 is 5.11 Å². The van der Waals surface area contributed by atoms with E-state index in [0.29, 0.717) is 4.47 Å². The number of hydrogen-bond acceptors (Lipinski definition) is 4. The average Bonchev–Trinajstić information content (AvgIpc) is 2.75. The number of nitrogens with zero attached hydrogens (tertiary/aromatic N) is 2. The second-order valence-electron chi connectivity index (χ2n) is 6.70. The molecule has 0 spiro atoms. The van der Waals surface area contributed by atoms with Crippen LogP contribution >= 0.6 is 34.7 Å². The summed E-state index contributed by atoms with van der Waals surface area (Å²) in [5.74, 6) is 0.0948. The van der Waals surface area contributed by atoms with Crippen LogP contribution in [-0.4, -0.2) is 27.6 Å². The average molecular weight is 383 g/mol. The first-order valence-corrected chi connectivity index (χ1v) is 9.99. The lowest BCUT2D eigenvalue weighted by Crippen LogP contribution is -2.38. The summed E-state index contributed by atoms with van der Waals surface area (Å²) >= 11 is 13.9. The highest BCUT2D eigenvalue weighted by Gasteiger charge is 2.46. The van der Waals surface area contributed by atoms with Crippen LogP contribution in [0.25, 0.3) is 0 Å². The number of rotatable bonds is 1. The van der Waals surface area contributed by atoms with E-state index in [9.17, 15) is 5.11 Å². The quantitative estimate of drug-likeness (QED) is 0.743. The molecule has 1 saturated heterocycles. The van der Waals surface area contributed by atoms with Crippen LogP contribution in [0, 0.1) is 5.92 Å². The summed E-state index contributed by atoms with van der Waals surface area (Å²) in [5, 5.41) is 12.0. The molecule has 2 aromatic rings. The Balaban J connectivity index is 1.87. The van der Waals surface area contributed by atoms with E-state index in [-0.39, 0.29) is 5.92 Å². The van der Waals surface area contributed by atoms with Gasteiger partial charge in [-0.1, -0.05) is 35.9 Å². The third kappa shape index (κ3) is 2.78. The van der Waals surface area contributed by atoms with Crippen LogP contribution in [0.1, 0.15) is 41.0 Å². The molecule has 1 aromatic heterocycles. The molecule has 4 rings (SSSR count). The second kappa shape index (κ2) is 6.58. The Morgan fingerprint density at radius 1 is 1.21 bits per heavy atom. The van der Waals surface area contributed by atoms with Gasteiger partial charge in [0.2, 0.25) is 0 Å². The van der Waals surface area contributed by atoms with Gasteiger partial charge in [-0.3, -0.25) is 0 Å². The molecule has 2 aliphatic rings. The summed E-state index contributed by atoms with van der Waals surface area (Å²) in [6.45, 7) is 1.64. The lowest BCUT2D eigenvalue weighted by molar-refractivity contribution is 0.00600. The number of halogens is 2. The first kappa shape index (κ1) is 16.8. The van der Waals surface area contributed by atoms with Crippen LogP contribution in [0.5, 0.6) is 0 Å². The summed E-state index contributed by atoms with van der Waals surface area (Å²) < 4.78 is 2.35. The SMILES string of the molecule is OC1(C2CCCN(Cl)CC2)c2ccccc2CCc2sc(Cl)nc21. The molecule has 3 nitrogen and oxygen atoms in total. The van der Waals surface area contributed by atoms with Gasteiger partial charge in [-0.15, -0.1) is 11.3 Å². The normalized spacial score (nSPS) is 27.9. The van der Waals surface area contributed by atoms with E-state index in [1.54, 1.807) is 0 Å². The fourth-order valence-corrected chi connectivity index (χ4v) is 5.59. The van der Waals surface area contributed by atoms with Gasteiger partial charge in [-0.2, -0.15) is 0 Å². The maximum absolute atomic E-state index is 12.0. The molecule has 0 amide bonds. The third-order valence-electron chi connectivity index (χ3n) is 5.35. The number of aromatic nitrogens is 1. The largest absolute Gasteiger partial charge is 0.378 e. The summed E-state index contributed by atoms with van der Waals surface area (Å²) in [7, 11) is 0. The highest BCUT2D eigenvalue weighted by Crippen LogP contribution is 2.47. The monoisotopic (exact) mass is 382 g/mol. The van der Waals surface area contributed by atoms with Crippen LogP contribution in [0.15, 0.2) is 24.3 Å². The van der Waals surface area contributed by atoms with Gasteiger partial charge in [0.1, 0.15) is 5.60 Å². The number of aliphatic hydroxyl groups is 1. The summed E-state index contributed by atoms with van der Waals surface area (Å²) in [6, 6.07) is 8.24. The lowest BCUT2D eigenvalue weighted by atomic mass is 9.74. The smallest absolute Gasteiger partial charge is 0.184 e. The number of hydrogen-bond donors (Lipinski definition) is 1. The summed E-state index contributed by atoms with van der Waals surface area (Å²) in [5.41, 5.74) is 1.91. The van der Waals surface area contributed by atoms with Crippen molar-refractivity contribution in [2.24, 2.45) is 5.92 Å². The molecule has 24 heavy (non-hydrogen) atoms. The van der Waals surface area contributed by atoms with E-state index >= 15 is 0 Å². The molecular weight excluding hydrogens is 363 g/mol. The Morgan fingerprint density at radius 2 is 2.04 bits per heavy atom. The zero-order valence-corrected chi connectivity index (χ0v) is 15.7. The van der Waals surface area contributed by atoms with Crippen LogP contribution in [0.2, 0.25) is 4.47 Å². The van der Waals surface area contributed by atoms with Crippen molar-refractivity contribution in [1.82, 2.24) is 9.40 Å². The highest BCUT2D eigenvalue weighted by molar-refractivity contribution is 7.15. The van der Waals surface area contributed by atoms with Gasteiger partial charge < -0.3 is 5.11 Å². The van der Waals surface area contributed by atoms with Gasteiger partial charge in [0.25, 0.3) is 0 Å². The van der Waals surface area contributed by atoms with Gasteiger partial charge in [0.05, 0.1) is 5.69 Å². The Morgan fingerprint density at radius 3 is 2.92 bits per heavy atom. The van der Waals surface area contributed by atoms with E-state index in [1.807, 2.05) is 16.6 Å². The molecule has 2 unspecified atom stereocenters. The van der Waals surface area contributed by atoms with Crippen molar-refractivity contribution in [2.45, 2.75) is 37.7 Å². The number of benzene rings is 1. The first-order valence-electron chi connectivity index (χ1n) is 8.46. The van der Waals surface area contributed by atoms with Crippen molar-refractivity contribution in [3.63, 3.8) is 0 Å². The van der Waals surface area contributed by atoms with Crippen molar-refractivity contribution in [3.05, 3.63) is 50.4 Å². The molecule has 6 heteroatoms. The predicted octanol–water partition coefficient (Wildman–Crippen LogP) is 4.39. The van der Waals surface area contributed by atoms with Crippen LogP contribution in [0.3, 0.4) is 0 Å². The number of thiazole rings is 1. The second-order valence-corrected chi connectivity index (χ2v) is 8.84. The maximum atomic E-state index is 12.0. The minimum Gasteiger partial charge on any atom is -0.378 e. The first-order chi connectivity index (χ1) is 11.6. The number of aryl methyl sites for hydroxylation is 2. The molecule has 128 valence electrons. The van der Waals surface area contributed by atoms with Crippen molar-refractivity contribution >= 4 is 34.7 Å². The van der Waals surface area contributed by atoms with Crippen LogP contribution in [0.4, 0.5) is 0 Å². The molecule has 1 fully saturated rings.